The summed E-state index contributed by atoms with van der Waals surface area (Å²) in [5, 5.41) is 0. The number of para-hydroxylation sites is 1. The van der Waals surface area contributed by atoms with E-state index in [0.29, 0.717) is 22.6 Å². The summed E-state index contributed by atoms with van der Waals surface area (Å²) in [6.45, 7) is 0. The Labute approximate surface area is 190 Å². The Balaban J connectivity index is 1.62. The van der Waals surface area contributed by atoms with E-state index in [4.69, 9.17) is 14.2 Å². The number of methoxy groups -OCH3 is 1. The molecule has 0 aliphatic carbocycles. The Hall–Kier alpha value is -3.77. The number of allylic oxidation sites excluding steroid dienone is 2. The van der Waals surface area contributed by atoms with Gasteiger partial charge in [0.05, 0.1) is 7.11 Å². The lowest BCUT2D eigenvalue weighted by Crippen LogP contribution is -2.08. The normalized spacial score (nSPS) is 17.1. The number of carbonyl (C=O) groups is 1. The molecule has 0 radical (unpaired) electrons. The Morgan fingerprint density at radius 2 is 1.59 bits per heavy atom. The van der Waals surface area contributed by atoms with E-state index in [0.717, 1.165) is 21.8 Å². The first-order valence-electron chi connectivity index (χ1n) is 9.99. The highest BCUT2D eigenvalue weighted by Crippen LogP contribution is 2.40. The number of rotatable bonds is 4. The smallest absolute Gasteiger partial charge is 0.364 e. The fourth-order valence-corrected chi connectivity index (χ4v) is 3.97. The number of nitrogens with zero attached hydrogens (tertiary/aromatic N) is 1. The zero-order valence-electron chi connectivity index (χ0n) is 17.5. The number of carbonyl (C=O) groups excluding carboxylic acids is 1. The molecule has 0 aromatic heterocycles. The van der Waals surface area contributed by atoms with E-state index >= 15 is 0 Å². The van der Waals surface area contributed by atoms with Crippen LogP contribution >= 0.6 is 11.8 Å². The van der Waals surface area contributed by atoms with Gasteiger partial charge in [-0.25, -0.2) is 9.79 Å². The summed E-state index contributed by atoms with van der Waals surface area (Å²) >= 11 is 1.68. The summed E-state index contributed by atoms with van der Waals surface area (Å²) in [4.78, 5) is 18.5. The van der Waals surface area contributed by atoms with E-state index in [1.807, 2.05) is 73.0 Å². The van der Waals surface area contributed by atoms with Crippen LogP contribution in [0.5, 0.6) is 11.5 Å². The molecule has 3 aromatic rings. The summed E-state index contributed by atoms with van der Waals surface area (Å²) < 4.78 is 16.9. The lowest BCUT2D eigenvalue weighted by molar-refractivity contribution is -0.129. The van der Waals surface area contributed by atoms with Gasteiger partial charge in [-0.3, -0.25) is 0 Å². The van der Waals surface area contributed by atoms with Crippen LogP contribution in [-0.2, 0) is 9.53 Å². The molecule has 5 rings (SSSR count). The predicted octanol–water partition coefficient (Wildman–Crippen LogP) is 5.57. The minimum atomic E-state index is -0.490. The Bertz CT molecular complexity index is 1290. The van der Waals surface area contributed by atoms with Crippen LogP contribution in [0.15, 0.2) is 94.5 Å². The van der Waals surface area contributed by atoms with Crippen molar-refractivity contribution >= 4 is 35.0 Å². The maximum atomic E-state index is 12.8. The Morgan fingerprint density at radius 3 is 2.31 bits per heavy atom. The van der Waals surface area contributed by atoms with Gasteiger partial charge in [-0.1, -0.05) is 30.3 Å². The molecule has 5 nitrogen and oxygen atoms in total. The molecule has 0 saturated heterocycles. The van der Waals surface area contributed by atoms with Crippen molar-refractivity contribution in [3.8, 4) is 11.5 Å². The average Bonchev–Trinajstić information content (AvgIpc) is 3.24. The third-order valence-electron chi connectivity index (χ3n) is 5.24. The lowest BCUT2D eigenvalue weighted by atomic mass is 9.98. The van der Waals surface area contributed by atoms with Crippen LogP contribution in [0, 0.1) is 0 Å². The van der Waals surface area contributed by atoms with E-state index < -0.39 is 5.97 Å². The molecule has 0 fully saturated rings. The van der Waals surface area contributed by atoms with Crippen molar-refractivity contribution in [3.05, 3.63) is 101 Å². The first kappa shape index (κ1) is 20.2. The quantitative estimate of drug-likeness (QED) is 0.301. The highest BCUT2D eigenvalue weighted by atomic mass is 32.2. The van der Waals surface area contributed by atoms with Crippen LogP contribution in [-0.4, -0.2) is 25.2 Å². The third kappa shape index (κ3) is 3.69. The van der Waals surface area contributed by atoms with Gasteiger partial charge in [-0.2, -0.15) is 0 Å². The first-order valence-corrected chi connectivity index (χ1v) is 11.2. The fourth-order valence-electron chi connectivity index (χ4n) is 3.56. The number of cyclic esters (lactones) is 1. The molecule has 0 N–H and O–H groups in total. The van der Waals surface area contributed by atoms with Crippen LogP contribution in [0.1, 0.15) is 16.7 Å². The number of benzene rings is 3. The fraction of sp³-hybridized carbons (Fsp3) is 0.0769. The number of fused-ring (bicyclic) bond motifs is 1. The highest BCUT2D eigenvalue weighted by molar-refractivity contribution is 7.98. The summed E-state index contributed by atoms with van der Waals surface area (Å²) in [5.74, 6) is 1.82. The van der Waals surface area contributed by atoms with Crippen molar-refractivity contribution in [2.24, 2.45) is 4.99 Å². The van der Waals surface area contributed by atoms with E-state index in [2.05, 4.69) is 4.99 Å². The predicted molar refractivity (Wildman–Crippen MR) is 126 cm³/mol. The molecule has 0 bridgehead atoms. The van der Waals surface area contributed by atoms with Crippen molar-refractivity contribution in [2.75, 3.05) is 13.4 Å². The number of aliphatic imine (C=N–C) groups is 1. The largest absolute Gasteiger partial charge is 0.497 e. The first-order chi connectivity index (χ1) is 15.7. The highest BCUT2D eigenvalue weighted by Gasteiger charge is 2.30. The molecular formula is C26H19NO4S. The van der Waals surface area contributed by atoms with Gasteiger partial charge in [0, 0.05) is 27.2 Å². The van der Waals surface area contributed by atoms with E-state index in [1.165, 1.54) is 0 Å². The van der Waals surface area contributed by atoms with Crippen LogP contribution in [0.3, 0.4) is 0 Å². The zero-order chi connectivity index (χ0) is 22.1. The minimum Gasteiger partial charge on any atom is -0.497 e. The molecule has 32 heavy (non-hydrogen) atoms. The molecule has 3 aromatic carbocycles. The second-order valence-electron chi connectivity index (χ2n) is 7.13. The summed E-state index contributed by atoms with van der Waals surface area (Å²) in [6, 6.07) is 22.9. The number of hydrogen-bond donors (Lipinski definition) is 0. The van der Waals surface area contributed by atoms with Gasteiger partial charge in [0.2, 0.25) is 5.90 Å². The number of esters is 1. The van der Waals surface area contributed by atoms with Gasteiger partial charge < -0.3 is 14.2 Å². The molecule has 158 valence electrons. The summed E-state index contributed by atoms with van der Waals surface area (Å²) in [6.07, 6.45) is 3.89. The Kier molecular flexibility index (Phi) is 5.29. The van der Waals surface area contributed by atoms with Gasteiger partial charge in [0.1, 0.15) is 17.3 Å². The van der Waals surface area contributed by atoms with E-state index in [1.54, 1.807) is 31.0 Å². The van der Waals surface area contributed by atoms with Crippen LogP contribution in [0.4, 0.5) is 0 Å². The third-order valence-corrected chi connectivity index (χ3v) is 5.98. The molecule has 0 amide bonds. The number of thioether (sulfide) groups is 1. The molecule has 0 saturated carbocycles. The lowest BCUT2D eigenvalue weighted by Gasteiger charge is -2.20. The maximum absolute atomic E-state index is 12.8. The molecule has 2 aliphatic rings. The van der Waals surface area contributed by atoms with Crippen molar-refractivity contribution < 1.29 is 19.0 Å². The number of ether oxygens (including phenoxy) is 3. The summed E-state index contributed by atoms with van der Waals surface area (Å²) in [7, 11) is 1.60. The van der Waals surface area contributed by atoms with Gasteiger partial charge in [0.15, 0.2) is 5.70 Å². The second-order valence-corrected chi connectivity index (χ2v) is 8.01. The SMILES string of the molecule is COc1ccc(C2=N/C(=C3/C=C(c4ccc(SC)cc4)Oc4ccccc43)C(=O)O2)cc1. The van der Waals surface area contributed by atoms with Gasteiger partial charge in [-0.05, 0) is 54.8 Å². The molecule has 2 aliphatic heterocycles. The van der Waals surface area contributed by atoms with Gasteiger partial charge >= 0.3 is 5.97 Å². The Morgan fingerprint density at radius 1 is 0.875 bits per heavy atom. The maximum Gasteiger partial charge on any atom is 0.364 e. The van der Waals surface area contributed by atoms with Gasteiger partial charge in [0.25, 0.3) is 0 Å². The van der Waals surface area contributed by atoms with Gasteiger partial charge in [-0.15, -0.1) is 11.8 Å². The van der Waals surface area contributed by atoms with Crippen molar-refractivity contribution in [3.63, 3.8) is 0 Å². The second kappa shape index (κ2) is 8.40. The molecule has 2 heterocycles. The van der Waals surface area contributed by atoms with Crippen molar-refractivity contribution in [1.29, 1.82) is 0 Å². The van der Waals surface area contributed by atoms with Crippen LogP contribution < -0.4 is 9.47 Å². The monoisotopic (exact) mass is 441 g/mol. The molecule has 0 atom stereocenters. The molecular weight excluding hydrogens is 422 g/mol. The molecule has 6 heteroatoms. The standard InChI is InChI=1S/C26H19NO4S/c1-29-18-11-7-17(8-12-18)25-27-24(26(28)31-25)21-15-23(16-9-13-19(32-2)14-10-16)30-22-6-4-3-5-20(21)22/h3-15H,1-2H3/b24-21-. The van der Waals surface area contributed by atoms with Crippen molar-refractivity contribution in [1.82, 2.24) is 0 Å². The molecule has 0 unspecified atom stereocenters. The van der Waals surface area contributed by atoms with Crippen LogP contribution in [0.25, 0.3) is 11.3 Å². The molecule has 0 spiro atoms. The van der Waals surface area contributed by atoms with E-state index in [-0.39, 0.29) is 11.6 Å². The topological polar surface area (TPSA) is 57.1 Å². The number of hydrogen-bond acceptors (Lipinski definition) is 6. The van der Waals surface area contributed by atoms with E-state index in [9.17, 15) is 4.79 Å². The van der Waals surface area contributed by atoms with Crippen molar-refractivity contribution in [2.45, 2.75) is 4.90 Å². The zero-order valence-corrected chi connectivity index (χ0v) is 18.3. The average molecular weight is 442 g/mol. The van der Waals surface area contributed by atoms with Crippen LogP contribution in [0.2, 0.25) is 0 Å². The summed E-state index contributed by atoms with van der Waals surface area (Å²) in [5.41, 5.74) is 3.34. The minimum absolute atomic E-state index is 0.254.